The minimum Gasteiger partial charge on any atom is -0.302 e. The van der Waals surface area contributed by atoms with E-state index in [1.54, 1.807) is 0 Å². The summed E-state index contributed by atoms with van der Waals surface area (Å²) < 4.78 is 0. The van der Waals surface area contributed by atoms with Crippen LogP contribution < -0.4 is 0 Å². The van der Waals surface area contributed by atoms with Crippen LogP contribution in [0.2, 0.25) is 0 Å². The second-order valence-corrected chi connectivity index (χ2v) is 4.12. The minimum atomic E-state index is -0.0301. The van der Waals surface area contributed by atoms with Crippen LogP contribution in [0.4, 0.5) is 0 Å². The molecule has 54 valence electrons. The summed E-state index contributed by atoms with van der Waals surface area (Å²) in [6, 6.07) is 0. The highest BCUT2D eigenvalue weighted by Gasteiger charge is 2.12. The van der Waals surface area contributed by atoms with Gasteiger partial charge in [-0.25, -0.2) is 0 Å². The molecule has 0 aromatic heterocycles. The van der Waals surface area contributed by atoms with E-state index in [1.165, 1.54) is 0 Å². The Bertz CT molecular complexity index is 85.1. The number of halogens is 2. The Morgan fingerprint density at radius 1 is 1.56 bits per heavy atom. The molecule has 9 heavy (non-hydrogen) atoms. The summed E-state index contributed by atoms with van der Waals surface area (Å²) in [5.41, 5.74) is 0. The summed E-state index contributed by atoms with van der Waals surface area (Å²) in [5.74, 6) is 0. The van der Waals surface area contributed by atoms with Crippen LogP contribution in [0.5, 0.6) is 0 Å². The smallest absolute Gasteiger partial charge is 0.134 e. The number of aldehydes is 1. The number of carbonyl (C=O) groups excluding carboxylic acids is 1. The Labute approximate surface area is 72.5 Å². The second-order valence-electron chi connectivity index (χ2n) is 1.89. The zero-order valence-electron chi connectivity index (χ0n) is 5.31. The summed E-state index contributed by atoms with van der Waals surface area (Å²) in [4.78, 5) is 10.4. The van der Waals surface area contributed by atoms with Crippen LogP contribution >= 0.6 is 31.9 Å². The van der Waals surface area contributed by atoms with Gasteiger partial charge in [-0.05, 0) is 6.42 Å². The molecule has 0 N–H and O–H groups in total. The summed E-state index contributed by atoms with van der Waals surface area (Å²) in [6.45, 7) is 2.10. The molecule has 2 atom stereocenters. The van der Waals surface area contributed by atoms with Crippen LogP contribution in [-0.4, -0.2) is 15.9 Å². The van der Waals surface area contributed by atoms with Gasteiger partial charge in [0.1, 0.15) is 6.29 Å². The van der Waals surface area contributed by atoms with Crippen molar-refractivity contribution >= 4 is 38.1 Å². The molecule has 1 nitrogen and oxygen atoms in total. The first-order valence-electron chi connectivity index (χ1n) is 2.95. The Hall–Kier alpha value is 0.630. The minimum absolute atomic E-state index is 0.0301. The first kappa shape index (κ1) is 9.63. The van der Waals surface area contributed by atoms with Crippen molar-refractivity contribution in [1.29, 1.82) is 0 Å². The lowest BCUT2D eigenvalue weighted by Crippen LogP contribution is -2.14. The number of rotatable bonds is 4. The van der Waals surface area contributed by atoms with E-state index in [1.807, 2.05) is 0 Å². The van der Waals surface area contributed by atoms with Gasteiger partial charge in [0, 0.05) is 4.83 Å². The van der Waals surface area contributed by atoms with Gasteiger partial charge in [-0.2, -0.15) is 0 Å². The normalized spacial score (nSPS) is 16.8. The lowest BCUT2D eigenvalue weighted by atomic mass is 10.2. The lowest BCUT2D eigenvalue weighted by molar-refractivity contribution is -0.107. The van der Waals surface area contributed by atoms with Gasteiger partial charge in [0.15, 0.2) is 0 Å². The molecule has 0 heterocycles. The van der Waals surface area contributed by atoms with E-state index < -0.39 is 0 Å². The van der Waals surface area contributed by atoms with Crippen LogP contribution in [0.3, 0.4) is 0 Å². The average molecular weight is 258 g/mol. The largest absolute Gasteiger partial charge is 0.302 e. The maximum atomic E-state index is 10.1. The van der Waals surface area contributed by atoms with Crippen molar-refractivity contribution in [3.63, 3.8) is 0 Å². The zero-order valence-corrected chi connectivity index (χ0v) is 8.48. The van der Waals surface area contributed by atoms with E-state index in [0.29, 0.717) is 4.83 Å². The Morgan fingerprint density at radius 3 is 2.44 bits per heavy atom. The molecule has 0 saturated heterocycles. The van der Waals surface area contributed by atoms with Gasteiger partial charge < -0.3 is 4.79 Å². The van der Waals surface area contributed by atoms with Crippen LogP contribution in [0.25, 0.3) is 0 Å². The van der Waals surface area contributed by atoms with Gasteiger partial charge in [-0.3, -0.25) is 0 Å². The van der Waals surface area contributed by atoms with Crippen molar-refractivity contribution in [3.05, 3.63) is 0 Å². The third-order valence-electron chi connectivity index (χ3n) is 1.04. The number of alkyl halides is 2. The van der Waals surface area contributed by atoms with E-state index in [0.717, 1.165) is 19.1 Å². The molecule has 0 aliphatic heterocycles. The van der Waals surface area contributed by atoms with Gasteiger partial charge in [0.25, 0.3) is 0 Å². The summed E-state index contributed by atoms with van der Waals surface area (Å²) in [5, 5.41) is 0. The molecule has 0 aliphatic rings. The molecule has 3 heteroatoms. The van der Waals surface area contributed by atoms with Crippen molar-refractivity contribution in [3.8, 4) is 0 Å². The quantitative estimate of drug-likeness (QED) is 0.559. The molecule has 0 saturated carbocycles. The Morgan fingerprint density at radius 2 is 2.11 bits per heavy atom. The monoisotopic (exact) mass is 256 g/mol. The van der Waals surface area contributed by atoms with Gasteiger partial charge in [-0.15, -0.1) is 0 Å². The molecule has 0 rings (SSSR count). The van der Waals surface area contributed by atoms with Gasteiger partial charge in [-0.1, -0.05) is 45.2 Å². The first-order valence-corrected chi connectivity index (χ1v) is 4.79. The van der Waals surface area contributed by atoms with E-state index in [-0.39, 0.29) is 4.83 Å². The molecule has 0 bridgehead atoms. The average Bonchev–Trinajstić information content (AvgIpc) is 1.87. The molecule has 0 aromatic rings. The molecule has 0 spiro atoms. The second kappa shape index (κ2) is 5.42. The molecule has 0 aliphatic carbocycles. The maximum Gasteiger partial charge on any atom is 0.134 e. The highest BCUT2D eigenvalue weighted by Crippen LogP contribution is 2.16. The molecular weight excluding hydrogens is 248 g/mol. The molecule has 0 unspecified atom stereocenters. The Balaban J connectivity index is 3.44. The summed E-state index contributed by atoms with van der Waals surface area (Å²) in [7, 11) is 0. The third kappa shape index (κ3) is 4.09. The predicted molar refractivity (Wildman–Crippen MR) is 46.4 cm³/mol. The molecule has 0 amide bonds. The van der Waals surface area contributed by atoms with Crippen molar-refractivity contribution in [2.24, 2.45) is 0 Å². The number of hydrogen-bond donors (Lipinski definition) is 0. The van der Waals surface area contributed by atoms with E-state index in [2.05, 4.69) is 38.8 Å². The fourth-order valence-electron chi connectivity index (χ4n) is 0.520. The standard InChI is InChI=1S/C6H10Br2O/c1-2-3-5(7)6(8)4-9/h4-6H,2-3H2,1H3/t5-,6+/m0/s1. The zero-order chi connectivity index (χ0) is 7.28. The number of hydrogen-bond acceptors (Lipinski definition) is 1. The summed E-state index contributed by atoms with van der Waals surface area (Å²) >= 11 is 6.61. The molecule has 0 aromatic carbocycles. The van der Waals surface area contributed by atoms with E-state index >= 15 is 0 Å². The highest BCUT2D eigenvalue weighted by atomic mass is 79.9. The highest BCUT2D eigenvalue weighted by molar-refractivity contribution is 9.12. The van der Waals surface area contributed by atoms with Crippen LogP contribution in [0.1, 0.15) is 19.8 Å². The topological polar surface area (TPSA) is 17.1 Å². The fraction of sp³-hybridized carbons (Fsp3) is 0.833. The van der Waals surface area contributed by atoms with Crippen molar-refractivity contribution in [2.75, 3.05) is 0 Å². The molecule has 0 fully saturated rings. The summed E-state index contributed by atoms with van der Waals surface area (Å²) in [6.07, 6.45) is 3.05. The fourth-order valence-corrected chi connectivity index (χ4v) is 1.37. The van der Waals surface area contributed by atoms with Crippen molar-refractivity contribution < 1.29 is 4.79 Å². The van der Waals surface area contributed by atoms with E-state index in [9.17, 15) is 4.79 Å². The van der Waals surface area contributed by atoms with Crippen molar-refractivity contribution in [2.45, 2.75) is 29.4 Å². The maximum absolute atomic E-state index is 10.1. The van der Waals surface area contributed by atoms with Gasteiger partial charge >= 0.3 is 0 Å². The Kier molecular flexibility index (Phi) is 5.80. The van der Waals surface area contributed by atoms with Crippen LogP contribution in [-0.2, 0) is 4.79 Å². The van der Waals surface area contributed by atoms with E-state index in [4.69, 9.17) is 0 Å². The third-order valence-corrected chi connectivity index (χ3v) is 3.63. The van der Waals surface area contributed by atoms with Crippen molar-refractivity contribution in [1.82, 2.24) is 0 Å². The van der Waals surface area contributed by atoms with Gasteiger partial charge in [0.05, 0.1) is 4.83 Å². The molecule has 0 radical (unpaired) electrons. The molecular formula is C6H10Br2O. The van der Waals surface area contributed by atoms with Gasteiger partial charge in [0.2, 0.25) is 0 Å². The lowest BCUT2D eigenvalue weighted by Gasteiger charge is -2.07. The first-order chi connectivity index (χ1) is 4.22. The van der Waals surface area contributed by atoms with Crippen LogP contribution in [0.15, 0.2) is 0 Å². The SMILES string of the molecule is CCC[C@H](Br)[C@H](Br)C=O. The predicted octanol–water partition coefficient (Wildman–Crippen LogP) is 2.51. The number of carbonyl (C=O) groups is 1. The van der Waals surface area contributed by atoms with Crippen LogP contribution in [0, 0.1) is 0 Å².